The van der Waals surface area contributed by atoms with E-state index in [0.717, 1.165) is 23.2 Å². The highest BCUT2D eigenvalue weighted by molar-refractivity contribution is 9.10. The molecular formula is C17H26BrNO2. The summed E-state index contributed by atoms with van der Waals surface area (Å²) in [5.74, 6) is 0.739. The van der Waals surface area contributed by atoms with Gasteiger partial charge in [-0.15, -0.1) is 0 Å². The van der Waals surface area contributed by atoms with Crippen LogP contribution in [0.1, 0.15) is 63.2 Å². The Morgan fingerprint density at radius 2 is 1.95 bits per heavy atom. The molecule has 0 saturated carbocycles. The van der Waals surface area contributed by atoms with Gasteiger partial charge in [-0.2, -0.15) is 0 Å². The summed E-state index contributed by atoms with van der Waals surface area (Å²) < 4.78 is 6.45. The van der Waals surface area contributed by atoms with Crippen molar-refractivity contribution in [3.63, 3.8) is 0 Å². The second-order valence-corrected chi connectivity index (χ2v) is 6.34. The van der Waals surface area contributed by atoms with Gasteiger partial charge in [0.25, 0.3) is 5.91 Å². The topological polar surface area (TPSA) is 38.3 Å². The molecule has 0 aliphatic heterocycles. The Morgan fingerprint density at radius 1 is 1.24 bits per heavy atom. The molecule has 0 heterocycles. The maximum Gasteiger partial charge on any atom is 0.251 e. The van der Waals surface area contributed by atoms with Crippen molar-refractivity contribution in [1.82, 2.24) is 5.32 Å². The predicted molar refractivity (Wildman–Crippen MR) is 91.0 cm³/mol. The summed E-state index contributed by atoms with van der Waals surface area (Å²) in [5, 5.41) is 2.96. The number of carbonyl (C=O) groups is 1. The molecule has 1 aromatic carbocycles. The van der Waals surface area contributed by atoms with Crippen molar-refractivity contribution in [1.29, 1.82) is 0 Å². The van der Waals surface area contributed by atoms with E-state index in [1.54, 1.807) is 6.07 Å². The Hall–Kier alpha value is -1.03. The molecule has 0 aliphatic rings. The first kappa shape index (κ1) is 18.0. The summed E-state index contributed by atoms with van der Waals surface area (Å²) in [6, 6.07) is 5.44. The van der Waals surface area contributed by atoms with Crippen molar-refractivity contribution < 1.29 is 9.53 Å². The quantitative estimate of drug-likeness (QED) is 0.637. The van der Waals surface area contributed by atoms with E-state index in [4.69, 9.17) is 4.74 Å². The van der Waals surface area contributed by atoms with Gasteiger partial charge in [-0.05, 0) is 54.4 Å². The first-order chi connectivity index (χ1) is 10.0. The molecule has 0 unspecified atom stereocenters. The van der Waals surface area contributed by atoms with E-state index >= 15 is 0 Å². The Balaban J connectivity index is 2.42. The highest BCUT2D eigenvalue weighted by Gasteiger charge is 2.09. The highest BCUT2D eigenvalue weighted by Crippen LogP contribution is 2.26. The lowest BCUT2D eigenvalue weighted by Crippen LogP contribution is -2.24. The van der Waals surface area contributed by atoms with Gasteiger partial charge in [0.1, 0.15) is 5.75 Å². The lowest BCUT2D eigenvalue weighted by Gasteiger charge is -2.12. The standard InChI is InChI=1S/C17H26BrNO2/c1-4-5-6-7-8-11-19-17(20)14-9-10-16(15(18)12-14)21-13(2)3/h9-10,12-13H,4-8,11H2,1-3H3,(H,19,20). The minimum atomic E-state index is -0.0257. The van der Waals surface area contributed by atoms with E-state index in [-0.39, 0.29) is 12.0 Å². The third kappa shape index (κ3) is 6.98. The van der Waals surface area contributed by atoms with E-state index in [1.807, 2.05) is 26.0 Å². The van der Waals surface area contributed by atoms with Crippen molar-refractivity contribution in [2.45, 2.75) is 59.0 Å². The fourth-order valence-corrected chi connectivity index (χ4v) is 2.50. The molecule has 0 radical (unpaired) electrons. The normalized spacial score (nSPS) is 10.7. The molecular weight excluding hydrogens is 330 g/mol. The molecule has 0 spiro atoms. The predicted octanol–water partition coefficient (Wildman–Crippen LogP) is 4.94. The Labute approximate surface area is 136 Å². The monoisotopic (exact) mass is 355 g/mol. The maximum atomic E-state index is 12.0. The van der Waals surface area contributed by atoms with Gasteiger partial charge in [0.05, 0.1) is 10.6 Å². The summed E-state index contributed by atoms with van der Waals surface area (Å²) >= 11 is 3.45. The van der Waals surface area contributed by atoms with Crippen LogP contribution in [0.25, 0.3) is 0 Å². The number of hydrogen-bond donors (Lipinski definition) is 1. The molecule has 1 amide bonds. The van der Waals surface area contributed by atoms with Gasteiger partial charge in [0.2, 0.25) is 0 Å². The van der Waals surface area contributed by atoms with Crippen LogP contribution >= 0.6 is 15.9 Å². The van der Waals surface area contributed by atoms with Gasteiger partial charge < -0.3 is 10.1 Å². The van der Waals surface area contributed by atoms with E-state index in [1.165, 1.54) is 25.7 Å². The smallest absolute Gasteiger partial charge is 0.251 e. The van der Waals surface area contributed by atoms with Crippen LogP contribution in [0, 0.1) is 0 Å². The molecule has 0 bridgehead atoms. The summed E-state index contributed by atoms with van der Waals surface area (Å²) in [5.41, 5.74) is 0.659. The zero-order chi connectivity index (χ0) is 15.7. The fraction of sp³-hybridized carbons (Fsp3) is 0.588. The lowest BCUT2D eigenvalue weighted by atomic mass is 10.1. The Morgan fingerprint density at radius 3 is 2.57 bits per heavy atom. The third-order valence-electron chi connectivity index (χ3n) is 3.12. The number of benzene rings is 1. The van der Waals surface area contributed by atoms with Crippen LogP contribution < -0.4 is 10.1 Å². The summed E-state index contributed by atoms with van der Waals surface area (Å²) in [6.07, 6.45) is 6.10. The zero-order valence-electron chi connectivity index (χ0n) is 13.2. The number of nitrogens with one attached hydrogen (secondary N) is 1. The summed E-state index contributed by atoms with van der Waals surface area (Å²) in [6.45, 7) is 6.90. The highest BCUT2D eigenvalue weighted by atomic mass is 79.9. The first-order valence-corrected chi connectivity index (χ1v) is 8.58. The van der Waals surface area contributed by atoms with Crippen molar-refractivity contribution in [2.24, 2.45) is 0 Å². The van der Waals surface area contributed by atoms with Crippen LogP contribution in [-0.2, 0) is 0 Å². The zero-order valence-corrected chi connectivity index (χ0v) is 14.8. The molecule has 4 heteroatoms. The maximum absolute atomic E-state index is 12.0. The number of rotatable bonds is 9. The van der Waals surface area contributed by atoms with Gasteiger partial charge in [-0.1, -0.05) is 32.6 Å². The average molecular weight is 356 g/mol. The van der Waals surface area contributed by atoms with E-state index < -0.39 is 0 Å². The molecule has 0 saturated heterocycles. The fourth-order valence-electron chi connectivity index (χ4n) is 2.02. The summed E-state index contributed by atoms with van der Waals surface area (Å²) in [4.78, 5) is 12.0. The lowest BCUT2D eigenvalue weighted by molar-refractivity contribution is 0.0953. The number of hydrogen-bond acceptors (Lipinski definition) is 2. The summed E-state index contributed by atoms with van der Waals surface area (Å²) in [7, 11) is 0. The van der Waals surface area contributed by atoms with Crippen molar-refractivity contribution >= 4 is 21.8 Å². The van der Waals surface area contributed by atoms with Crippen LogP contribution in [0.3, 0.4) is 0 Å². The van der Waals surface area contributed by atoms with Crippen molar-refractivity contribution in [3.05, 3.63) is 28.2 Å². The van der Waals surface area contributed by atoms with Crippen molar-refractivity contribution in [3.8, 4) is 5.75 Å². The number of halogens is 1. The number of ether oxygens (including phenoxy) is 1. The molecule has 0 atom stereocenters. The Kier molecular flexibility index (Phi) is 8.43. The number of amides is 1. The minimum absolute atomic E-state index is 0.0257. The second-order valence-electron chi connectivity index (χ2n) is 5.48. The first-order valence-electron chi connectivity index (χ1n) is 7.79. The minimum Gasteiger partial charge on any atom is -0.490 e. The van der Waals surface area contributed by atoms with Crippen LogP contribution in [-0.4, -0.2) is 18.6 Å². The van der Waals surface area contributed by atoms with Crippen LogP contribution in [0.2, 0.25) is 0 Å². The molecule has 118 valence electrons. The Bertz CT molecular complexity index is 446. The molecule has 1 rings (SSSR count). The molecule has 0 fully saturated rings. The van der Waals surface area contributed by atoms with Gasteiger partial charge >= 0.3 is 0 Å². The van der Waals surface area contributed by atoms with Crippen LogP contribution in [0.4, 0.5) is 0 Å². The van der Waals surface area contributed by atoms with E-state index in [0.29, 0.717) is 5.56 Å². The average Bonchev–Trinajstić information content (AvgIpc) is 2.44. The van der Waals surface area contributed by atoms with Gasteiger partial charge in [0, 0.05) is 12.1 Å². The number of unbranched alkanes of at least 4 members (excludes halogenated alkanes) is 4. The molecule has 0 aliphatic carbocycles. The molecule has 1 aromatic rings. The van der Waals surface area contributed by atoms with Crippen LogP contribution in [0.15, 0.2) is 22.7 Å². The van der Waals surface area contributed by atoms with Gasteiger partial charge in [-0.25, -0.2) is 0 Å². The second kappa shape index (κ2) is 9.82. The molecule has 0 aromatic heterocycles. The molecule has 21 heavy (non-hydrogen) atoms. The van der Waals surface area contributed by atoms with E-state index in [2.05, 4.69) is 28.2 Å². The number of carbonyl (C=O) groups excluding carboxylic acids is 1. The largest absolute Gasteiger partial charge is 0.490 e. The van der Waals surface area contributed by atoms with Gasteiger partial charge in [-0.3, -0.25) is 4.79 Å². The molecule has 3 nitrogen and oxygen atoms in total. The van der Waals surface area contributed by atoms with Crippen molar-refractivity contribution in [2.75, 3.05) is 6.54 Å². The molecule has 1 N–H and O–H groups in total. The van der Waals surface area contributed by atoms with Gasteiger partial charge in [0.15, 0.2) is 0 Å². The third-order valence-corrected chi connectivity index (χ3v) is 3.74. The van der Waals surface area contributed by atoms with Crippen LogP contribution in [0.5, 0.6) is 5.75 Å². The SMILES string of the molecule is CCCCCCCNC(=O)c1ccc(OC(C)C)c(Br)c1. The van der Waals surface area contributed by atoms with E-state index in [9.17, 15) is 4.79 Å².